The van der Waals surface area contributed by atoms with E-state index in [1.165, 1.54) is 6.07 Å². The van der Waals surface area contributed by atoms with Crippen LogP contribution in [0.1, 0.15) is 18.9 Å². The Morgan fingerprint density at radius 1 is 1.45 bits per heavy atom. The fourth-order valence-corrected chi connectivity index (χ4v) is 3.12. The van der Waals surface area contributed by atoms with E-state index in [0.717, 1.165) is 0 Å². The van der Waals surface area contributed by atoms with Crippen LogP contribution >= 0.6 is 23.2 Å². The number of anilines is 1. The Morgan fingerprint density at radius 2 is 2.10 bits per heavy atom. The van der Waals surface area contributed by atoms with Crippen molar-refractivity contribution < 1.29 is 17.9 Å². The van der Waals surface area contributed by atoms with Crippen molar-refractivity contribution in [2.45, 2.75) is 20.3 Å². The number of aromatic nitrogens is 1. The first-order chi connectivity index (χ1) is 9.25. The Hall–Kier alpha value is -1.05. The van der Waals surface area contributed by atoms with Gasteiger partial charge in [-0.05, 0) is 25.5 Å². The lowest BCUT2D eigenvalue weighted by Gasteiger charge is -2.11. The normalized spacial score (nSPS) is 11.2. The molecule has 0 aliphatic rings. The maximum atomic E-state index is 11.9. The van der Waals surface area contributed by atoms with Gasteiger partial charge in [0.15, 0.2) is 5.15 Å². The van der Waals surface area contributed by atoms with Crippen molar-refractivity contribution in [2.24, 2.45) is 0 Å². The summed E-state index contributed by atoms with van der Waals surface area (Å²) in [6.07, 6.45) is -0.235. The minimum absolute atomic E-state index is 0.0466. The smallest absolute Gasteiger partial charge is 0.306 e. The zero-order valence-corrected chi connectivity index (χ0v) is 13.3. The van der Waals surface area contributed by atoms with Crippen LogP contribution in [0, 0.1) is 6.92 Å². The van der Waals surface area contributed by atoms with Gasteiger partial charge in [-0.3, -0.25) is 9.52 Å². The van der Waals surface area contributed by atoms with Crippen molar-refractivity contribution in [3.8, 4) is 0 Å². The molecule has 1 heterocycles. The van der Waals surface area contributed by atoms with Gasteiger partial charge in [0.25, 0.3) is 0 Å². The third-order valence-corrected chi connectivity index (χ3v) is 4.00. The summed E-state index contributed by atoms with van der Waals surface area (Å²) < 4.78 is 30.7. The number of hydrogen-bond donors (Lipinski definition) is 1. The van der Waals surface area contributed by atoms with Gasteiger partial charge in [0.1, 0.15) is 5.15 Å². The maximum absolute atomic E-state index is 11.9. The van der Waals surface area contributed by atoms with Crippen LogP contribution in [0.4, 0.5) is 5.69 Å². The molecule has 0 aliphatic carbocycles. The molecule has 6 nitrogen and oxygen atoms in total. The molecule has 1 rings (SSSR count). The number of nitrogens with zero attached hydrogens (tertiary/aromatic N) is 1. The van der Waals surface area contributed by atoms with Crippen LogP contribution in [0.3, 0.4) is 0 Å². The molecule has 0 saturated carbocycles. The molecule has 0 fully saturated rings. The summed E-state index contributed by atoms with van der Waals surface area (Å²) in [6, 6.07) is 1.48. The minimum atomic E-state index is -3.72. The van der Waals surface area contributed by atoms with Gasteiger partial charge in [-0.2, -0.15) is 0 Å². The summed E-state index contributed by atoms with van der Waals surface area (Å²) in [5.74, 6) is -0.973. The van der Waals surface area contributed by atoms with Gasteiger partial charge in [-0.1, -0.05) is 23.2 Å². The summed E-state index contributed by atoms with van der Waals surface area (Å²) in [5, 5.41) is 0.122. The monoisotopic (exact) mass is 340 g/mol. The van der Waals surface area contributed by atoms with Gasteiger partial charge in [0.2, 0.25) is 10.0 Å². The zero-order valence-electron chi connectivity index (χ0n) is 10.9. The summed E-state index contributed by atoms with van der Waals surface area (Å²) in [5.41, 5.74) is 0.689. The van der Waals surface area contributed by atoms with E-state index in [0.29, 0.717) is 5.56 Å². The molecule has 0 unspecified atom stereocenters. The molecule has 1 aromatic rings. The van der Waals surface area contributed by atoms with Crippen LogP contribution in [-0.2, 0) is 19.6 Å². The van der Waals surface area contributed by atoms with E-state index in [-0.39, 0.29) is 29.0 Å². The fraction of sp³-hybridized carbons (Fsp3) is 0.455. The number of carbonyl (C=O) groups excluding carboxylic acids is 1. The molecule has 1 N–H and O–H groups in total. The van der Waals surface area contributed by atoms with Crippen LogP contribution in [0.5, 0.6) is 0 Å². The molecule has 0 atom stereocenters. The lowest BCUT2D eigenvalue weighted by Crippen LogP contribution is -2.20. The molecule has 0 saturated heterocycles. The summed E-state index contributed by atoms with van der Waals surface area (Å²) >= 11 is 11.5. The second kappa shape index (κ2) is 7.10. The average Bonchev–Trinajstić information content (AvgIpc) is 2.32. The molecular weight excluding hydrogens is 327 g/mol. The third-order valence-electron chi connectivity index (χ3n) is 2.28. The minimum Gasteiger partial charge on any atom is -0.466 e. The summed E-state index contributed by atoms with van der Waals surface area (Å²) in [6.45, 7) is 3.49. The number of aryl methyl sites for hydroxylation is 1. The topological polar surface area (TPSA) is 85.4 Å². The van der Waals surface area contributed by atoms with Crippen LogP contribution in [0.2, 0.25) is 10.3 Å². The predicted molar refractivity (Wildman–Crippen MR) is 77.7 cm³/mol. The van der Waals surface area contributed by atoms with E-state index in [1.54, 1.807) is 13.8 Å². The molecule has 0 radical (unpaired) electrons. The summed E-state index contributed by atoms with van der Waals surface area (Å²) in [4.78, 5) is 14.9. The number of rotatable bonds is 6. The fourth-order valence-electron chi connectivity index (χ4n) is 1.38. The highest BCUT2D eigenvalue weighted by atomic mass is 35.5. The number of nitrogens with one attached hydrogen (secondary N) is 1. The first kappa shape index (κ1) is 17.0. The molecule has 0 aliphatic heterocycles. The van der Waals surface area contributed by atoms with Crippen molar-refractivity contribution in [3.05, 3.63) is 21.9 Å². The Balaban J connectivity index is 2.79. The van der Waals surface area contributed by atoms with E-state index in [2.05, 4.69) is 14.4 Å². The Kier molecular flexibility index (Phi) is 6.04. The highest BCUT2D eigenvalue weighted by Gasteiger charge is 2.17. The number of sulfonamides is 1. The Morgan fingerprint density at radius 3 is 2.65 bits per heavy atom. The van der Waals surface area contributed by atoms with Crippen molar-refractivity contribution in [1.82, 2.24) is 4.98 Å². The molecule has 112 valence electrons. The standard InChI is InChI=1S/C11H14Cl2N2O4S/c1-3-19-9(16)4-5-20(17,18)15-10-7(2)6-8(12)14-11(10)13/h6,15H,3-5H2,1-2H3. The van der Waals surface area contributed by atoms with Gasteiger partial charge in [0, 0.05) is 0 Å². The van der Waals surface area contributed by atoms with E-state index in [9.17, 15) is 13.2 Å². The number of halogens is 2. The summed E-state index contributed by atoms with van der Waals surface area (Å²) in [7, 11) is -3.72. The molecule has 0 bridgehead atoms. The molecule has 1 aromatic heterocycles. The molecule has 0 aromatic carbocycles. The second-order valence-corrected chi connectivity index (χ2v) is 6.49. The predicted octanol–water partition coefficient (Wildman–Crippen LogP) is 2.39. The van der Waals surface area contributed by atoms with Gasteiger partial charge in [-0.25, -0.2) is 13.4 Å². The molecule has 0 amide bonds. The third kappa shape index (κ3) is 5.15. The molecule has 0 spiro atoms. The SMILES string of the molecule is CCOC(=O)CCS(=O)(=O)Nc1c(C)cc(Cl)nc1Cl. The van der Waals surface area contributed by atoms with Gasteiger partial charge in [0.05, 0.1) is 24.5 Å². The van der Waals surface area contributed by atoms with E-state index >= 15 is 0 Å². The number of pyridine rings is 1. The lowest BCUT2D eigenvalue weighted by atomic mass is 10.3. The van der Waals surface area contributed by atoms with Crippen LogP contribution in [0.25, 0.3) is 0 Å². The highest BCUT2D eigenvalue weighted by Crippen LogP contribution is 2.27. The zero-order chi connectivity index (χ0) is 15.3. The Labute approximate surface area is 127 Å². The molecule has 9 heteroatoms. The highest BCUT2D eigenvalue weighted by molar-refractivity contribution is 7.92. The largest absolute Gasteiger partial charge is 0.466 e. The molecular formula is C11H14Cl2N2O4S. The van der Waals surface area contributed by atoms with Gasteiger partial charge in [-0.15, -0.1) is 0 Å². The van der Waals surface area contributed by atoms with Crippen molar-refractivity contribution in [2.75, 3.05) is 17.1 Å². The van der Waals surface area contributed by atoms with Crippen molar-refractivity contribution >= 4 is 44.9 Å². The number of esters is 1. The van der Waals surface area contributed by atoms with Gasteiger partial charge < -0.3 is 4.74 Å². The molecule has 20 heavy (non-hydrogen) atoms. The average molecular weight is 341 g/mol. The first-order valence-corrected chi connectivity index (χ1v) is 8.14. The quantitative estimate of drug-likeness (QED) is 0.634. The number of ether oxygens (including phenoxy) is 1. The van der Waals surface area contributed by atoms with Gasteiger partial charge >= 0.3 is 5.97 Å². The van der Waals surface area contributed by atoms with E-state index in [1.807, 2.05) is 0 Å². The first-order valence-electron chi connectivity index (χ1n) is 5.74. The van der Waals surface area contributed by atoms with E-state index < -0.39 is 21.7 Å². The van der Waals surface area contributed by atoms with Crippen molar-refractivity contribution in [1.29, 1.82) is 0 Å². The number of hydrogen-bond acceptors (Lipinski definition) is 5. The van der Waals surface area contributed by atoms with Crippen LogP contribution in [0.15, 0.2) is 6.07 Å². The second-order valence-electron chi connectivity index (χ2n) is 3.90. The maximum Gasteiger partial charge on any atom is 0.306 e. The lowest BCUT2D eigenvalue weighted by molar-refractivity contribution is -0.142. The van der Waals surface area contributed by atoms with Crippen molar-refractivity contribution in [3.63, 3.8) is 0 Å². The van der Waals surface area contributed by atoms with Crippen LogP contribution < -0.4 is 4.72 Å². The van der Waals surface area contributed by atoms with E-state index in [4.69, 9.17) is 23.2 Å². The number of carbonyl (C=O) groups is 1. The Bertz CT molecular complexity index is 581. The van der Waals surface area contributed by atoms with Crippen LogP contribution in [-0.4, -0.2) is 31.7 Å².